The van der Waals surface area contributed by atoms with Crippen LogP contribution in [0.25, 0.3) is 22.4 Å². The summed E-state index contributed by atoms with van der Waals surface area (Å²) >= 11 is 1.32. The highest BCUT2D eigenvalue weighted by molar-refractivity contribution is 8.14. The Morgan fingerprint density at radius 3 is 2.56 bits per heavy atom. The first-order valence-electron chi connectivity index (χ1n) is 10.2. The van der Waals surface area contributed by atoms with Crippen molar-refractivity contribution in [3.63, 3.8) is 0 Å². The minimum absolute atomic E-state index is 0.0786. The molecule has 4 aromatic rings. The Morgan fingerprint density at radius 2 is 1.79 bits per heavy atom. The number of nitrogens with two attached hydrogens (primary N) is 1. The van der Waals surface area contributed by atoms with Crippen LogP contribution in [-0.4, -0.2) is 25.9 Å². The van der Waals surface area contributed by atoms with E-state index in [1.165, 1.54) is 36.3 Å². The van der Waals surface area contributed by atoms with E-state index >= 15 is 4.39 Å². The third-order valence-electron chi connectivity index (χ3n) is 5.84. The summed E-state index contributed by atoms with van der Waals surface area (Å²) in [6.45, 7) is 0. The van der Waals surface area contributed by atoms with E-state index in [0.717, 1.165) is 0 Å². The van der Waals surface area contributed by atoms with Gasteiger partial charge in [-0.1, -0.05) is 17.8 Å². The van der Waals surface area contributed by atoms with E-state index in [1.807, 2.05) is 0 Å². The highest BCUT2D eigenvalue weighted by Crippen LogP contribution is 2.54. The van der Waals surface area contributed by atoms with Gasteiger partial charge >= 0.3 is 0 Å². The largest absolute Gasteiger partial charge is 0.452 e. The van der Waals surface area contributed by atoms with Crippen molar-refractivity contribution >= 4 is 16.9 Å². The van der Waals surface area contributed by atoms with E-state index in [9.17, 15) is 8.78 Å². The molecule has 2 aliphatic heterocycles. The molecule has 0 saturated heterocycles. The van der Waals surface area contributed by atoms with E-state index in [2.05, 4.69) is 15.0 Å². The molecular formula is C24H14F3N5OS. The molecule has 0 saturated carbocycles. The highest BCUT2D eigenvalue weighted by atomic mass is 32.2. The summed E-state index contributed by atoms with van der Waals surface area (Å²) in [6.07, 6.45) is 2.65. The Morgan fingerprint density at radius 1 is 0.912 bits per heavy atom. The van der Waals surface area contributed by atoms with E-state index in [0.29, 0.717) is 44.5 Å². The van der Waals surface area contributed by atoms with Crippen LogP contribution in [-0.2, 0) is 5.54 Å². The quantitative estimate of drug-likeness (QED) is 0.408. The number of thioether (sulfide) groups is 1. The number of pyridine rings is 3. The standard InChI is InChI=1S/C24H14F3N5OS/c25-19-9-13(5-7-29-19)17-10-16-20(22(27)31-17)33-18-4-3-12(14-2-1-6-30-21(14)26)8-15(18)24(16)11-34-23(28)32-24/h1-10H,11H2,(H2,28,32). The number of fused-ring (bicyclic) bond motifs is 4. The van der Waals surface area contributed by atoms with Gasteiger partial charge in [0.1, 0.15) is 11.3 Å². The summed E-state index contributed by atoms with van der Waals surface area (Å²) < 4.78 is 49.3. The van der Waals surface area contributed by atoms with E-state index < -0.39 is 23.4 Å². The van der Waals surface area contributed by atoms with Crippen LogP contribution >= 0.6 is 11.8 Å². The van der Waals surface area contributed by atoms with Crippen molar-refractivity contribution in [3.05, 3.63) is 89.9 Å². The average Bonchev–Trinajstić information content (AvgIpc) is 3.22. The minimum atomic E-state index is -1.10. The fourth-order valence-electron chi connectivity index (χ4n) is 4.29. The number of amidine groups is 1. The number of aromatic nitrogens is 3. The average molecular weight is 477 g/mol. The third kappa shape index (κ3) is 3.13. The molecule has 2 aliphatic rings. The lowest BCUT2D eigenvalue weighted by Crippen LogP contribution is -2.31. The van der Waals surface area contributed by atoms with E-state index in [1.54, 1.807) is 36.4 Å². The number of aliphatic imine (C=N–C) groups is 1. The van der Waals surface area contributed by atoms with Crippen molar-refractivity contribution < 1.29 is 17.9 Å². The van der Waals surface area contributed by atoms with Crippen molar-refractivity contribution in [2.24, 2.45) is 10.7 Å². The van der Waals surface area contributed by atoms with Crippen LogP contribution in [0.15, 0.2) is 65.9 Å². The molecule has 168 valence electrons. The van der Waals surface area contributed by atoms with Gasteiger partial charge in [-0.2, -0.15) is 13.2 Å². The van der Waals surface area contributed by atoms with Gasteiger partial charge in [0.25, 0.3) is 5.95 Å². The maximum absolute atomic E-state index is 15.3. The second kappa shape index (κ2) is 7.56. The van der Waals surface area contributed by atoms with Gasteiger partial charge in [-0.3, -0.25) is 0 Å². The van der Waals surface area contributed by atoms with E-state index in [-0.39, 0.29) is 11.4 Å². The van der Waals surface area contributed by atoms with Crippen LogP contribution in [0, 0.1) is 17.8 Å². The molecule has 3 aromatic heterocycles. The van der Waals surface area contributed by atoms with Crippen molar-refractivity contribution in [1.29, 1.82) is 0 Å². The van der Waals surface area contributed by atoms with Gasteiger partial charge in [-0.25, -0.2) is 19.9 Å². The predicted octanol–water partition coefficient (Wildman–Crippen LogP) is 5.03. The van der Waals surface area contributed by atoms with Crippen LogP contribution in [0.5, 0.6) is 11.5 Å². The summed E-state index contributed by atoms with van der Waals surface area (Å²) in [4.78, 5) is 16.0. The maximum Gasteiger partial charge on any atom is 0.256 e. The van der Waals surface area contributed by atoms with Crippen molar-refractivity contribution in [3.8, 4) is 33.9 Å². The van der Waals surface area contributed by atoms with Crippen LogP contribution in [0.1, 0.15) is 11.1 Å². The molecule has 0 aliphatic carbocycles. The van der Waals surface area contributed by atoms with Crippen molar-refractivity contribution in [2.45, 2.75) is 5.54 Å². The smallest absolute Gasteiger partial charge is 0.256 e. The molecule has 1 spiro atoms. The number of hydrogen-bond acceptors (Lipinski definition) is 7. The molecule has 0 fully saturated rings. The normalized spacial score (nSPS) is 18.3. The lowest BCUT2D eigenvalue weighted by molar-refractivity contribution is 0.380. The number of hydrogen-bond donors (Lipinski definition) is 1. The molecule has 2 N–H and O–H groups in total. The van der Waals surface area contributed by atoms with Gasteiger partial charge in [0, 0.05) is 46.5 Å². The van der Waals surface area contributed by atoms with Crippen molar-refractivity contribution in [1.82, 2.24) is 15.0 Å². The monoisotopic (exact) mass is 477 g/mol. The van der Waals surface area contributed by atoms with Crippen LogP contribution < -0.4 is 10.5 Å². The first kappa shape index (κ1) is 20.7. The van der Waals surface area contributed by atoms with Crippen LogP contribution in [0.4, 0.5) is 13.2 Å². The molecular weight excluding hydrogens is 463 g/mol. The summed E-state index contributed by atoms with van der Waals surface area (Å²) in [5.74, 6) is -1.53. The number of ether oxygens (including phenoxy) is 1. The predicted molar refractivity (Wildman–Crippen MR) is 122 cm³/mol. The molecule has 1 unspecified atom stereocenters. The third-order valence-corrected chi connectivity index (χ3v) is 6.79. The molecule has 0 amide bonds. The Bertz CT molecular complexity index is 1510. The molecule has 0 bridgehead atoms. The fourth-order valence-corrected chi connectivity index (χ4v) is 5.24. The first-order chi connectivity index (χ1) is 16.4. The zero-order valence-electron chi connectivity index (χ0n) is 17.3. The van der Waals surface area contributed by atoms with Gasteiger partial charge in [0.2, 0.25) is 11.9 Å². The van der Waals surface area contributed by atoms with E-state index in [4.69, 9.17) is 15.5 Å². The Kier molecular flexibility index (Phi) is 4.59. The van der Waals surface area contributed by atoms with Crippen LogP contribution in [0.3, 0.4) is 0 Å². The molecule has 34 heavy (non-hydrogen) atoms. The lowest BCUT2D eigenvalue weighted by atomic mass is 9.81. The summed E-state index contributed by atoms with van der Waals surface area (Å²) in [7, 11) is 0. The molecule has 1 aromatic carbocycles. The van der Waals surface area contributed by atoms with Gasteiger partial charge in [-0.05, 0) is 42.0 Å². The Labute approximate surface area is 195 Å². The van der Waals surface area contributed by atoms with Gasteiger partial charge < -0.3 is 10.5 Å². The zero-order chi connectivity index (χ0) is 23.4. The number of nitrogens with zero attached hydrogens (tertiary/aromatic N) is 4. The highest BCUT2D eigenvalue weighted by Gasteiger charge is 2.47. The number of rotatable bonds is 2. The first-order valence-corrected chi connectivity index (χ1v) is 11.2. The second-order valence-corrected chi connectivity index (χ2v) is 8.79. The van der Waals surface area contributed by atoms with Crippen molar-refractivity contribution in [2.75, 3.05) is 5.75 Å². The minimum Gasteiger partial charge on any atom is -0.452 e. The summed E-state index contributed by atoms with van der Waals surface area (Å²) in [6, 6.07) is 12.7. The Balaban J connectivity index is 1.59. The van der Waals surface area contributed by atoms with Gasteiger partial charge in [0.15, 0.2) is 10.9 Å². The molecule has 0 radical (unpaired) electrons. The van der Waals surface area contributed by atoms with Gasteiger partial charge in [-0.15, -0.1) is 0 Å². The number of benzene rings is 1. The molecule has 1 atom stereocenters. The zero-order valence-corrected chi connectivity index (χ0v) is 18.1. The number of halogens is 3. The fraction of sp³-hybridized carbons (Fsp3) is 0.0833. The lowest BCUT2D eigenvalue weighted by Gasteiger charge is -2.34. The maximum atomic E-state index is 15.3. The molecule has 6 nitrogen and oxygen atoms in total. The summed E-state index contributed by atoms with van der Waals surface area (Å²) in [5, 5.41) is 0.325. The topological polar surface area (TPSA) is 86.3 Å². The SMILES string of the molecule is NC1=NC2(CS1)c1cc(-c3cccnc3F)ccc1Oc1c2cc(-c2ccnc(F)c2)nc1F. The summed E-state index contributed by atoms with van der Waals surface area (Å²) in [5.41, 5.74) is 7.39. The van der Waals surface area contributed by atoms with Gasteiger partial charge in [0.05, 0.1) is 5.69 Å². The molecule has 6 rings (SSSR count). The van der Waals surface area contributed by atoms with Crippen LogP contribution in [0.2, 0.25) is 0 Å². The second-order valence-electron chi connectivity index (χ2n) is 7.80. The molecule has 5 heterocycles. The molecule has 10 heteroatoms. The Hall–Kier alpha value is -3.92.